The summed E-state index contributed by atoms with van der Waals surface area (Å²) < 4.78 is 2.57. The number of nitrogens with one attached hydrogen (secondary N) is 1. The van der Waals surface area contributed by atoms with E-state index in [1.165, 1.54) is 84.9 Å². The number of fused-ring (bicyclic) bond motifs is 4. The van der Waals surface area contributed by atoms with Crippen molar-refractivity contribution in [3.05, 3.63) is 182 Å². The monoisotopic (exact) mass is 685 g/mol. The number of anilines is 2. The number of thiophene rings is 2. The molecule has 10 rings (SSSR count). The van der Waals surface area contributed by atoms with Crippen molar-refractivity contribution in [3.63, 3.8) is 0 Å². The van der Waals surface area contributed by atoms with Crippen LogP contribution in [0.5, 0.6) is 0 Å². The molecule has 0 bridgehead atoms. The first-order chi connectivity index (χ1) is 25.3. The lowest BCUT2D eigenvalue weighted by molar-refractivity contribution is 1.55. The summed E-state index contributed by atoms with van der Waals surface area (Å²) in [7, 11) is 0. The van der Waals surface area contributed by atoms with Crippen molar-refractivity contribution in [3.8, 4) is 43.1 Å². The van der Waals surface area contributed by atoms with Gasteiger partial charge in [0.15, 0.2) is 0 Å². The first-order valence-corrected chi connectivity index (χ1v) is 18.9. The summed E-state index contributed by atoms with van der Waals surface area (Å²) in [5.74, 6) is 0. The first-order valence-electron chi connectivity index (χ1n) is 17.3. The van der Waals surface area contributed by atoms with E-state index in [1.807, 2.05) is 22.7 Å². The fourth-order valence-electron chi connectivity index (χ4n) is 7.65. The van der Waals surface area contributed by atoms with Crippen molar-refractivity contribution in [1.82, 2.24) is 0 Å². The maximum absolute atomic E-state index is 3.85. The van der Waals surface area contributed by atoms with E-state index < -0.39 is 0 Å². The molecule has 2 aromatic heterocycles. The van der Waals surface area contributed by atoms with E-state index in [-0.39, 0.29) is 0 Å². The minimum absolute atomic E-state index is 1.07. The van der Waals surface area contributed by atoms with Crippen LogP contribution in [0.25, 0.3) is 84.9 Å². The predicted molar refractivity (Wildman–Crippen MR) is 224 cm³/mol. The lowest BCUT2D eigenvalue weighted by Gasteiger charge is -2.22. The molecule has 0 atom stereocenters. The number of hydrogen-bond acceptors (Lipinski definition) is 3. The maximum Gasteiger partial charge on any atom is 0.0479 e. The van der Waals surface area contributed by atoms with Crippen molar-refractivity contribution in [2.24, 2.45) is 0 Å². The van der Waals surface area contributed by atoms with Gasteiger partial charge in [0.2, 0.25) is 0 Å². The van der Waals surface area contributed by atoms with Gasteiger partial charge in [0.1, 0.15) is 0 Å². The molecular weight excluding hydrogens is 655 g/mol. The standard InChI is InChI=1S/C48H31NS2/c1-3-15-31(16-4-1)45-35-21-9-11-23-37(35)46(38-24-12-10-22-36(38)45)39-27-28-40(49-34-19-5-2-6-20-34)48(44-30-33-18-8-14-26-42(33)51-44)47(39)43-29-32-17-7-13-25-41(32)50-43/h1-30,49H. The van der Waals surface area contributed by atoms with Gasteiger partial charge in [0.25, 0.3) is 0 Å². The first kappa shape index (κ1) is 29.9. The largest absolute Gasteiger partial charge is 0.355 e. The van der Waals surface area contributed by atoms with Gasteiger partial charge in [-0.25, -0.2) is 0 Å². The van der Waals surface area contributed by atoms with Crippen LogP contribution in [-0.4, -0.2) is 0 Å². The maximum atomic E-state index is 3.85. The van der Waals surface area contributed by atoms with Crippen LogP contribution in [-0.2, 0) is 0 Å². The molecule has 0 saturated carbocycles. The van der Waals surface area contributed by atoms with Gasteiger partial charge in [0.05, 0.1) is 0 Å². The molecule has 0 saturated heterocycles. The predicted octanol–water partition coefficient (Wildman–Crippen LogP) is 14.8. The quantitative estimate of drug-likeness (QED) is 0.172. The third kappa shape index (κ3) is 5.13. The van der Waals surface area contributed by atoms with Crippen LogP contribution in [0, 0.1) is 0 Å². The average molecular weight is 686 g/mol. The SMILES string of the molecule is c1ccc(Nc2ccc(-c3c4ccccc4c(-c4ccccc4)c4ccccc34)c(-c3cc4ccccc4s3)c2-c2cc3ccccc3s2)cc1. The van der Waals surface area contributed by atoms with Crippen molar-refractivity contribution in [2.45, 2.75) is 0 Å². The van der Waals surface area contributed by atoms with Gasteiger partial charge in [-0.05, 0) is 97.0 Å². The fourth-order valence-corrected chi connectivity index (χ4v) is 9.91. The van der Waals surface area contributed by atoms with Crippen LogP contribution < -0.4 is 5.32 Å². The smallest absolute Gasteiger partial charge is 0.0479 e. The molecule has 8 aromatic carbocycles. The molecule has 0 spiro atoms. The van der Waals surface area contributed by atoms with Crippen molar-refractivity contribution >= 4 is 75.8 Å². The Balaban J connectivity index is 1.37. The molecule has 0 aliphatic rings. The molecule has 0 aliphatic heterocycles. The van der Waals surface area contributed by atoms with Crippen LogP contribution in [0.4, 0.5) is 11.4 Å². The molecule has 10 aromatic rings. The molecule has 0 unspecified atom stereocenters. The Morgan fingerprint density at radius 2 is 0.824 bits per heavy atom. The van der Waals surface area contributed by atoms with Crippen LogP contribution in [0.2, 0.25) is 0 Å². The second-order valence-corrected chi connectivity index (χ2v) is 15.1. The zero-order valence-electron chi connectivity index (χ0n) is 27.6. The Morgan fingerprint density at radius 1 is 0.353 bits per heavy atom. The summed E-state index contributed by atoms with van der Waals surface area (Å²) >= 11 is 3.74. The molecule has 1 nitrogen and oxygen atoms in total. The van der Waals surface area contributed by atoms with Gasteiger partial charge < -0.3 is 5.32 Å². The number of rotatable bonds is 6. The van der Waals surface area contributed by atoms with Crippen LogP contribution >= 0.6 is 22.7 Å². The molecule has 0 aliphatic carbocycles. The highest BCUT2D eigenvalue weighted by atomic mass is 32.1. The Labute approximate surface area is 304 Å². The van der Waals surface area contributed by atoms with E-state index in [4.69, 9.17) is 0 Å². The Bertz CT molecular complexity index is 2760. The Morgan fingerprint density at radius 3 is 1.39 bits per heavy atom. The van der Waals surface area contributed by atoms with Crippen LogP contribution in [0.15, 0.2) is 182 Å². The van der Waals surface area contributed by atoms with Crippen molar-refractivity contribution in [2.75, 3.05) is 5.32 Å². The van der Waals surface area contributed by atoms with Gasteiger partial charge in [-0.2, -0.15) is 0 Å². The number of hydrogen-bond donors (Lipinski definition) is 1. The molecular formula is C48H31NS2. The molecule has 0 fully saturated rings. The summed E-state index contributed by atoms with van der Waals surface area (Å²) in [5, 5.41) is 11.4. The topological polar surface area (TPSA) is 12.0 Å². The molecule has 240 valence electrons. The second kappa shape index (κ2) is 12.4. The highest BCUT2D eigenvalue weighted by molar-refractivity contribution is 7.23. The fraction of sp³-hybridized carbons (Fsp3) is 0. The lowest BCUT2D eigenvalue weighted by atomic mass is 9.83. The van der Waals surface area contributed by atoms with Gasteiger partial charge in [-0.15, -0.1) is 22.7 Å². The zero-order valence-corrected chi connectivity index (χ0v) is 29.3. The normalized spacial score (nSPS) is 11.5. The van der Waals surface area contributed by atoms with Crippen LogP contribution in [0.3, 0.4) is 0 Å². The Kier molecular flexibility index (Phi) is 7.26. The molecule has 2 heterocycles. The zero-order chi connectivity index (χ0) is 33.7. The van der Waals surface area contributed by atoms with Gasteiger partial charge in [0, 0.05) is 41.7 Å². The summed E-state index contributed by atoms with van der Waals surface area (Å²) in [6.07, 6.45) is 0. The van der Waals surface area contributed by atoms with Crippen molar-refractivity contribution < 1.29 is 0 Å². The van der Waals surface area contributed by atoms with Crippen LogP contribution in [0.1, 0.15) is 0 Å². The summed E-state index contributed by atoms with van der Waals surface area (Å²) in [6, 6.07) is 66.3. The summed E-state index contributed by atoms with van der Waals surface area (Å²) in [4.78, 5) is 2.51. The van der Waals surface area contributed by atoms with Gasteiger partial charge in [-0.3, -0.25) is 0 Å². The van der Waals surface area contributed by atoms with E-state index in [1.54, 1.807) is 0 Å². The average Bonchev–Trinajstić information content (AvgIpc) is 3.82. The highest BCUT2D eigenvalue weighted by Gasteiger charge is 2.25. The van der Waals surface area contributed by atoms with E-state index in [2.05, 4.69) is 187 Å². The molecule has 0 amide bonds. The Hall–Kier alpha value is -6.00. The van der Waals surface area contributed by atoms with E-state index in [0.29, 0.717) is 0 Å². The minimum atomic E-state index is 1.07. The second-order valence-electron chi connectivity index (χ2n) is 12.9. The lowest BCUT2D eigenvalue weighted by Crippen LogP contribution is -1.98. The van der Waals surface area contributed by atoms with Gasteiger partial charge >= 0.3 is 0 Å². The molecule has 3 heteroatoms. The van der Waals surface area contributed by atoms with Crippen molar-refractivity contribution in [1.29, 1.82) is 0 Å². The minimum Gasteiger partial charge on any atom is -0.355 e. The van der Waals surface area contributed by atoms with E-state index in [0.717, 1.165) is 11.4 Å². The molecule has 0 radical (unpaired) electrons. The third-order valence-electron chi connectivity index (χ3n) is 9.87. The highest BCUT2D eigenvalue weighted by Crippen LogP contribution is 2.53. The third-order valence-corrected chi connectivity index (χ3v) is 12.1. The van der Waals surface area contributed by atoms with Gasteiger partial charge in [-0.1, -0.05) is 140 Å². The summed E-state index contributed by atoms with van der Waals surface area (Å²) in [6.45, 7) is 0. The molecule has 51 heavy (non-hydrogen) atoms. The molecule has 1 N–H and O–H groups in total. The number of para-hydroxylation sites is 1. The number of benzene rings is 8. The summed E-state index contributed by atoms with van der Waals surface area (Å²) in [5.41, 5.74) is 9.66. The van der Waals surface area contributed by atoms with E-state index >= 15 is 0 Å². The van der Waals surface area contributed by atoms with E-state index in [9.17, 15) is 0 Å².